The second-order valence-electron chi connectivity index (χ2n) is 3.21. The second kappa shape index (κ2) is 3.94. The zero-order valence-corrected chi connectivity index (χ0v) is 6.77. The zero-order valence-electron chi connectivity index (χ0n) is 6.77. The third-order valence-corrected chi connectivity index (χ3v) is 2.34. The lowest BCUT2D eigenvalue weighted by Gasteiger charge is -2.28. The van der Waals surface area contributed by atoms with Gasteiger partial charge >= 0.3 is 0 Å². The molecule has 1 aliphatic heterocycles. The van der Waals surface area contributed by atoms with Crippen LogP contribution in [0.2, 0.25) is 0 Å². The Morgan fingerprint density at radius 2 is 2.40 bits per heavy atom. The predicted octanol–water partition coefficient (Wildman–Crippen LogP) is 0.723. The average Bonchev–Trinajstić information content (AvgIpc) is 1.94. The fourth-order valence-corrected chi connectivity index (χ4v) is 1.67. The molecular formula is C8H18N2. The molecule has 3 N–H and O–H groups in total. The molecule has 0 aliphatic carbocycles. The van der Waals surface area contributed by atoms with Gasteiger partial charge in [0.2, 0.25) is 0 Å². The van der Waals surface area contributed by atoms with E-state index in [1.807, 2.05) is 0 Å². The molecule has 2 nitrogen and oxygen atoms in total. The van der Waals surface area contributed by atoms with Crippen LogP contribution in [0.4, 0.5) is 0 Å². The highest BCUT2D eigenvalue weighted by molar-refractivity contribution is 4.79. The fourth-order valence-electron chi connectivity index (χ4n) is 1.67. The Balaban J connectivity index is 2.25. The van der Waals surface area contributed by atoms with Crippen LogP contribution < -0.4 is 11.1 Å². The summed E-state index contributed by atoms with van der Waals surface area (Å²) in [6, 6.07) is 0.411. The van der Waals surface area contributed by atoms with Crippen LogP contribution in [0.1, 0.15) is 26.2 Å². The molecule has 0 aromatic heterocycles. The Kier molecular flexibility index (Phi) is 3.16. The Morgan fingerprint density at radius 3 is 3.00 bits per heavy atom. The monoisotopic (exact) mass is 142 g/mol. The van der Waals surface area contributed by atoms with Crippen molar-refractivity contribution in [3.8, 4) is 0 Å². The van der Waals surface area contributed by atoms with Crippen molar-refractivity contribution in [3.05, 3.63) is 0 Å². The van der Waals surface area contributed by atoms with Gasteiger partial charge in [0, 0.05) is 12.6 Å². The quantitative estimate of drug-likeness (QED) is 0.596. The van der Waals surface area contributed by atoms with Crippen molar-refractivity contribution in [1.82, 2.24) is 5.32 Å². The molecule has 1 saturated heterocycles. The molecule has 1 heterocycles. The van der Waals surface area contributed by atoms with Crippen LogP contribution in [0.25, 0.3) is 0 Å². The number of rotatable bonds is 2. The standard InChI is InChI=1S/C8H18N2/c1-2-3-7-4-5-10-6-8(7)9/h7-8,10H,2-6,9H2,1H3/t7-,8-/m0/s1. The van der Waals surface area contributed by atoms with Crippen molar-refractivity contribution in [1.29, 1.82) is 0 Å². The Morgan fingerprint density at radius 1 is 1.60 bits per heavy atom. The first-order valence-electron chi connectivity index (χ1n) is 4.31. The smallest absolute Gasteiger partial charge is 0.0194 e. The van der Waals surface area contributed by atoms with Crippen LogP contribution in [0.3, 0.4) is 0 Å². The number of hydrogen-bond acceptors (Lipinski definition) is 2. The summed E-state index contributed by atoms with van der Waals surface area (Å²) >= 11 is 0. The van der Waals surface area contributed by atoms with E-state index in [-0.39, 0.29) is 0 Å². The molecule has 0 spiro atoms. The molecule has 10 heavy (non-hydrogen) atoms. The van der Waals surface area contributed by atoms with Gasteiger partial charge in [-0.2, -0.15) is 0 Å². The average molecular weight is 142 g/mol. The van der Waals surface area contributed by atoms with Gasteiger partial charge in [0.05, 0.1) is 0 Å². The van der Waals surface area contributed by atoms with E-state index in [0.29, 0.717) is 6.04 Å². The molecule has 2 atom stereocenters. The molecule has 0 unspecified atom stereocenters. The molecule has 0 aromatic carbocycles. The van der Waals surface area contributed by atoms with E-state index in [9.17, 15) is 0 Å². The molecule has 1 fully saturated rings. The maximum atomic E-state index is 5.90. The van der Waals surface area contributed by atoms with Gasteiger partial charge < -0.3 is 11.1 Å². The zero-order chi connectivity index (χ0) is 7.40. The summed E-state index contributed by atoms with van der Waals surface area (Å²) in [5, 5.41) is 3.30. The van der Waals surface area contributed by atoms with Gasteiger partial charge in [0.25, 0.3) is 0 Å². The lowest BCUT2D eigenvalue weighted by Crippen LogP contribution is -2.45. The summed E-state index contributed by atoms with van der Waals surface area (Å²) in [4.78, 5) is 0. The van der Waals surface area contributed by atoms with Gasteiger partial charge in [0.15, 0.2) is 0 Å². The summed E-state index contributed by atoms with van der Waals surface area (Å²) in [5.74, 6) is 0.784. The lowest BCUT2D eigenvalue weighted by atomic mass is 9.89. The van der Waals surface area contributed by atoms with Gasteiger partial charge in [0.1, 0.15) is 0 Å². The van der Waals surface area contributed by atoms with Crippen LogP contribution in [0, 0.1) is 5.92 Å². The number of nitrogens with two attached hydrogens (primary N) is 1. The molecule has 0 radical (unpaired) electrons. The van der Waals surface area contributed by atoms with Crippen molar-refractivity contribution in [2.75, 3.05) is 13.1 Å². The molecule has 2 heteroatoms. The van der Waals surface area contributed by atoms with Crippen molar-refractivity contribution in [3.63, 3.8) is 0 Å². The molecular weight excluding hydrogens is 124 g/mol. The number of nitrogens with one attached hydrogen (secondary N) is 1. The van der Waals surface area contributed by atoms with Crippen LogP contribution in [0.5, 0.6) is 0 Å². The minimum atomic E-state index is 0.411. The molecule has 0 amide bonds. The highest BCUT2D eigenvalue weighted by atomic mass is 14.9. The predicted molar refractivity (Wildman–Crippen MR) is 43.9 cm³/mol. The topological polar surface area (TPSA) is 38.0 Å². The van der Waals surface area contributed by atoms with Crippen LogP contribution in [-0.4, -0.2) is 19.1 Å². The Bertz CT molecular complexity index is 91.3. The van der Waals surface area contributed by atoms with Crippen LogP contribution in [0.15, 0.2) is 0 Å². The fraction of sp³-hybridized carbons (Fsp3) is 1.00. The first-order chi connectivity index (χ1) is 4.84. The molecule has 1 aliphatic rings. The molecule has 1 rings (SSSR count). The SMILES string of the molecule is CCC[C@H]1CCNC[C@@H]1N. The maximum absolute atomic E-state index is 5.90. The van der Waals surface area contributed by atoms with Gasteiger partial charge in [-0.15, -0.1) is 0 Å². The normalized spacial score (nSPS) is 34.2. The van der Waals surface area contributed by atoms with E-state index in [2.05, 4.69) is 12.2 Å². The largest absolute Gasteiger partial charge is 0.326 e. The first-order valence-corrected chi connectivity index (χ1v) is 4.31. The van der Waals surface area contributed by atoms with E-state index in [0.717, 1.165) is 12.5 Å². The third kappa shape index (κ3) is 1.96. The lowest BCUT2D eigenvalue weighted by molar-refractivity contribution is 0.305. The number of piperidine rings is 1. The van der Waals surface area contributed by atoms with Crippen molar-refractivity contribution >= 4 is 0 Å². The third-order valence-electron chi connectivity index (χ3n) is 2.34. The summed E-state index contributed by atoms with van der Waals surface area (Å²) < 4.78 is 0. The molecule has 0 saturated carbocycles. The van der Waals surface area contributed by atoms with Crippen molar-refractivity contribution in [2.24, 2.45) is 11.7 Å². The Labute approximate surface area is 63.2 Å². The van der Waals surface area contributed by atoms with E-state index in [4.69, 9.17) is 5.73 Å². The van der Waals surface area contributed by atoms with Gasteiger partial charge in [-0.3, -0.25) is 0 Å². The molecule has 0 bridgehead atoms. The van der Waals surface area contributed by atoms with E-state index in [1.54, 1.807) is 0 Å². The summed E-state index contributed by atoms with van der Waals surface area (Å²) in [6.45, 7) is 4.41. The molecule has 0 aromatic rings. The summed E-state index contributed by atoms with van der Waals surface area (Å²) in [6.07, 6.45) is 3.86. The van der Waals surface area contributed by atoms with Gasteiger partial charge in [-0.25, -0.2) is 0 Å². The minimum absolute atomic E-state index is 0.411. The van der Waals surface area contributed by atoms with Crippen LogP contribution >= 0.6 is 0 Å². The summed E-state index contributed by atoms with van der Waals surface area (Å²) in [7, 11) is 0. The first kappa shape index (κ1) is 8.02. The minimum Gasteiger partial charge on any atom is -0.326 e. The van der Waals surface area contributed by atoms with Crippen molar-refractivity contribution < 1.29 is 0 Å². The van der Waals surface area contributed by atoms with Gasteiger partial charge in [-0.05, 0) is 25.3 Å². The van der Waals surface area contributed by atoms with Gasteiger partial charge in [-0.1, -0.05) is 13.3 Å². The summed E-state index contributed by atoms with van der Waals surface area (Å²) in [5.41, 5.74) is 5.90. The second-order valence-corrected chi connectivity index (χ2v) is 3.21. The molecule has 60 valence electrons. The highest BCUT2D eigenvalue weighted by Crippen LogP contribution is 2.16. The van der Waals surface area contributed by atoms with Crippen molar-refractivity contribution in [2.45, 2.75) is 32.2 Å². The van der Waals surface area contributed by atoms with Crippen LogP contribution in [-0.2, 0) is 0 Å². The number of hydrogen-bond donors (Lipinski definition) is 2. The van der Waals surface area contributed by atoms with E-state index < -0.39 is 0 Å². The maximum Gasteiger partial charge on any atom is 0.0194 e. The van der Waals surface area contributed by atoms with E-state index in [1.165, 1.54) is 25.8 Å². The Hall–Kier alpha value is -0.0800. The van der Waals surface area contributed by atoms with E-state index >= 15 is 0 Å². The highest BCUT2D eigenvalue weighted by Gasteiger charge is 2.19.